The molecule has 0 radical (unpaired) electrons. The van der Waals surface area contributed by atoms with E-state index in [9.17, 15) is 0 Å². The van der Waals surface area contributed by atoms with Gasteiger partial charge in [-0.2, -0.15) is 4.21 Å². The summed E-state index contributed by atoms with van der Waals surface area (Å²) < 4.78 is 17.9. The molecule has 1 heterocycles. The van der Waals surface area contributed by atoms with E-state index in [1.165, 1.54) is 22.3 Å². The van der Waals surface area contributed by atoms with Crippen LogP contribution in [0, 0.1) is 0 Å². The van der Waals surface area contributed by atoms with Crippen molar-refractivity contribution in [3.05, 3.63) is 46.5 Å². The van der Waals surface area contributed by atoms with Crippen LogP contribution in [-0.4, -0.2) is 6.79 Å². The van der Waals surface area contributed by atoms with Crippen molar-refractivity contribution in [1.29, 1.82) is 0 Å². The van der Waals surface area contributed by atoms with E-state index in [2.05, 4.69) is 79.5 Å². The van der Waals surface area contributed by atoms with Crippen LogP contribution in [0.3, 0.4) is 0 Å². The van der Waals surface area contributed by atoms with E-state index >= 15 is 0 Å². The number of rotatable bonds is 5. The van der Waals surface area contributed by atoms with Crippen molar-refractivity contribution in [3.63, 3.8) is 0 Å². The van der Waals surface area contributed by atoms with Crippen LogP contribution in [0.15, 0.2) is 32.7 Å². The molecule has 0 aliphatic carbocycles. The van der Waals surface area contributed by atoms with Crippen LogP contribution in [0.25, 0.3) is 21.9 Å². The van der Waals surface area contributed by atoms with Gasteiger partial charge < -0.3 is 8.39 Å². The standard InChI is InChI=1S/C24H32O3P/c1-9-17-10-18(14(2)3)12-21-22-13-19(15(4)5)11-20(16(6)7)24(22)27-28(25-8)26-23(17)21/h10-16H,8-9H2,1-7H3/q+1. The van der Waals surface area contributed by atoms with Gasteiger partial charge in [0.15, 0.2) is 11.2 Å². The van der Waals surface area contributed by atoms with Crippen LogP contribution in [0.5, 0.6) is 0 Å². The molecule has 28 heavy (non-hydrogen) atoms. The summed E-state index contributed by atoms with van der Waals surface area (Å²) in [6, 6.07) is 9.04. The molecule has 0 fully saturated rings. The zero-order valence-corrected chi connectivity index (χ0v) is 19.0. The van der Waals surface area contributed by atoms with Gasteiger partial charge in [0.05, 0.1) is 0 Å². The lowest BCUT2D eigenvalue weighted by molar-refractivity contribution is -0.260. The summed E-state index contributed by atoms with van der Waals surface area (Å²) in [5, 5.41) is 2.20. The van der Waals surface area contributed by atoms with Gasteiger partial charge in [-0.05, 0) is 58.6 Å². The van der Waals surface area contributed by atoms with Crippen molar-refractivity contribution in [2.75, 3.05) is 0 Å². The molecule has 0 aliphatic heterocycles. The van der Waals surface area contributed by atoms with E-state index in [0.29, 0.717) is 17.8 Å². The lowest BCUT2D eigenvalue weighted by Gasteiger charge is -2.14. The molecule has 3 rings (SSSR count). The Bertz CT molecular complexity index is 1060. The van der Waals surface area contributed by atoms with Crippen molar-refractivity contribution in [3.8, 4) is 0 Å². The molecule has 0 saturated heterocycles. The number of fused-ring (bicyclic) bond motifs is 3. The third-order valence-electron chi connectivity index (χ3n) is 5.39. The van der Waals surface area contributed by atoms with E-state index in [1.54, 1.807) is 0 Å². The van der Waals surface area contributed by atoms with Crippen molar-refractivity contribution >= 4 is 37.0 Å². The van der Waals surface area contributed by atoms with Gasteiger partial charge in [-0.3, -0.25) is 0 Å². The molecule has 2 aromatic carbocycles. The highest BCUT2D eigenvalue weighted by molar-refractivity contribution is 7.29. The molecule has 1 aromatic heterocycles. The highest BCUT2D eigenvalue weighted by Crippen LogP contribution is 2.40. The quantitative estimate of drug-likeness (QED) is 0.404. The maximum absolute atomic E-state index is 6.27. The third-order valence-corrected chi connectivity index (χ3v) is 6.27. The first-order valence-electron chi connectivity index (χ1n) is 10.2. The molecule has 0 spiro atoms. The predicted molar refractivity (Wildman–Crippen MR) is 120 cm³/mol. The van der Waals surface area contributed by atoms with Crippen LogP contribution in [0.2, 0.25) is 0 Å². The van der Waals surface area contributed by atoms with Gasteiger partial charge in [-0.15, -0.1) is 0 Å². The summed E-state index contributed by atoms with van der Waals surface area (Å²) in [5.74, 6) is 1.20. The molecule has 0 saturated carbocycles. The second-order valence-electron chi connectivity index (χ2n) is 8.40. The van der Waals surface area contributed by atoms with Gasteiger partial charge in [-0.25, -0.2) is 0 Å². The van der Waals surface area contributed by atoms with E-state index in [4.69, 9.17) is 12.6 Å². The normalized spacial score (nSPS) is 12.6. The van der Waals surface area contributed by atoms with Crippen LogP contribution >= 0.6 is 8.24 Å². The maximum atomic E-state index is 6.27. The molecule has 1 atom stereocenters. The Morgan fingerprint density at radius 3 is 1.86 bits per heavy atom. The number of hydrogen-bond donors (Lipinski definition) is 0. The predicted octanol–water partition coefficient (Wildman–Crippen LogP) is 8.35. The van der Waals surface area contributed by atoms with E-state index in [1.807, 2.05) is 0 Å². The number of carbonyl (C=O) groups excluding carboxylic acids is 1. The monoisotopic (exact) mass is 399 g/mol. The van der Waals surface area contributed by atoms with Crippen molar-refractivity contribution in [2.45, 2.75) is 72.6 Å². The lowest BCUT2D eigenvalue weighted by atomic mass is 9.91. The number of hydrogen-bond acceptors (Lipinski definition) is 2. The highest BCUT2D eigenvalue weighted by atomic mass is 31.1. The van der Waals surface area contributed by atoms with Crippen LogP contribution in [0.4, 0.5) is 0 Å². The average Bonchev–Trinajstić information content (AvgIpc) is 2.82. The van der Waals surface area contributed by atoms with Gasteiger partial charge in [0, 0.05) is 10.8 Å². The Morgan fingerprint density at radius 2 is 1.36 bits per heavy atom. The first-order valence-corrected chi connectivity index (χ1v) is 11.3. The van der Waals surface area contributed by atoms with Gasteiger partial charge in [0.1, 0.15) is 0 Å². The number of aryl methyl sites for hydroxylation is 1. The minimum absolute atomic E-state index is 0.328. The fourth-order valence-corrected chi connectivity index (χ4v) is 4.44. The molecular formula is C24H32O3P+. The fourth-order valence-electron chi connectivity index (χ4n) is 3.58. The minimum atomic E-state index is -1.59. The summed E-state index contributed by atoms with van der Waals surface area (Å²) >= 11 is 0. The molecule has 0 bridgehead atoms. The summed E-state index contributed by atoms with van der Waals surface area (Å²) in [5.41, 5.74) is 6.74. The Morgan fingerprint density at radius 1 is 0.821 bits per heavy atom. The van der Waals surface area contributed by atoms with Crippen LogP contribution in [-0.2, 0) is 10.6 Å². The highest BCUT2D eigenvalue weighted by Gasteiger charge is 2.20. The molecule has 3 nitrogen and oxygen atoms in total. The first-order chi connectivity index (χ1) is 13.3. The van der Waals surface area contributed by atoms with Gasteiger partial charge in [0.25, 0.3) is 6.79 Å². The smallest absolute Gasteiger partial charge is 0.347 e. The second kappa shape index (κ2) is 8.17. The molecule has 0 amide bonds. The molecule has 4 heteroatoms. The molecule has 0 N–H and O–H groups in total. The van der Waals surface area contributed by atoms with E-state index in [-0.39, 0.29) is 0 Å². The summed E-state index contributed by atoms with van der Waals surface area (Å²) in [6.07, 6.45) is 0.888. The third kappa shape index (κ3) is 3.78. The Kier molecular flexibility index (Phi) is 6.05. The molecule has 150 valence electrons. The zero-order chi connectivity index (χ0) is 20.6. The van der Waals surface area contributed by atoms with E-state index in [0.717, 1.165) is 28.4 Å². The van der Waals surface area contributed by atoms with E-state index < -0.39 is 8.24 Å². The van der Waals surface area contributed by atoms with Crippen molar-refractivity contribution in [2.24, 2.45) is 0 Å². The largest absolute Gasteiger partial charge is 0.735 e. The van der Waals surface area contributed by atoms with Gasteiger partial charge in [-0.1, -0.05) is 60.6 Å². The molecular weight excluding hydrogens is 367 g/mol. The Balaban J connectivity index is 2.65. The SMILES string of the molecule is C=[O+]p1oc2c(CC)cc(C(C)C)cc2c2cc(C(C)C)cc(C(C)C)c2o1. The summed E-state index contributed by atoms with van der Waals surface area (Å²) in [4.78, 5) is 0. The minimum Gasteiger partial charge on any atom is -0.347 e. The van der Waals surface area contributed by atoms with Crippen molar-refractivity contribution in [1.82, 2.24) is 0 Å². The Labute approximate surface area is 169 Å². The number of benzene rings is 2. The average molecular weight is 399 g/mol. The van der Waals surface area contributed by atoms with Crippen LogP contribution in [0.1, 0.15) is 88.5 Å². The topological polar surface area (TPSA) is 37.6 Å². The molecule has 3 aromatic rings. The zero-order valence-electron chi connectivity index (χ0n) is 18.1. The Hall–Kier alpha value is -1.99. The maximum Gasteiger partial charge on any atom is 0.735 e. The lowest BCUT2D eigenvalue weighted by Crippen LogP contribution is -1.96. The summed E-state index contributed by atoms with van der Waals surface area (Å²) in [7, 11) is -1.59. The van der Waals surface area contributed by atoms with Gasteiger partial charge in [0.2, 0.25) is 0 Å². The first kappa shape index (κ1) is 20.7. The molecule has 0 aliphatic rings. The van der Waals surface area contributed by atoms with Gasteiger partial charge >= 0.3 is 8.24 Å². The van der Waals surface area contributed by atoms with Crippen LogP contribution < -0.4 is 0 Å². The van der Waals surface area contributed by atoms with Crippen molar-refractivity contribution < 1.29 is 12.6 Å². The second-order valence-corrected chi connectivity index (χ2v) is 9.47. The molecule has 1 unspecified atom stereocenters. The fraction of sp³-hybridized carbons (Fsp3) is 0.458. The summed E-state index contributed by atoms with van der Waals surface area (Å²) in [6.45, 7) is 19.1.